The van der Waals surface area contributed by atoms with Gasteiger partial charge in [-0.1, -0.05) is 206 Å². The summed E-state index contributed by atoms with van der Waals surface area (Å²) < 4.78 is 0. The molecule has 14 rings (SSSR count). The Morgan fingerprint density at radius 3 is 1.19 bits per heavy atom. The highest BCUT2D eigenvalue weighted by atomic mass is 14.8. The average Bonchev–Trinajstić information content (AvgIpc) is 0.899. The lowest BCUT2D eigenvalue weighted by Crippen LogP contribution is -1.89. The van der Waals surface area contributed by atoms with Gasteiger partial charge in [-0.15, -0.1) is 0 Å². The Balaban J connectivity index is 0.000000554. The van der Waals surface area contributed by atoms with Crippen LogP contribution in [-0.2, 0) is 0 Å². The first-order valence-electron chi connectivity index (χ1n) is 35.7. The molecule has 7 aromatic heterocycles. The van der Waals surface area contributed by atoms with E-state index in [-0.39, 0.29) is 0 Å². The molecular formula is C91H119N7. The Hall–Kier alpha value is -9.59. The van der Waals surface area contributed by atoms with Gasteiger partial charge >= 0.3 is 0 Å². The largest absolute Gasteiger partial charge is 0.264 e. The summed E-state index contributed by atoms with van der Waals surface area (Å²) in [5.41, 5.74) is 23.3. The number of benzene rings is 7. The molecule has 0 aliphatic rings. The van der Waals surface area contributed by atoms with Crippen molar-refractivity contribution in [2.45, 2.75) is 194 Å². The van der Waals surface area contributed by atoms with Gasteiger partial charge in [-0.2, -0.15) is 0 Å². The number of aryl methyl sites for hydroxylation is 14. The molecule has 518 valence electrons. The van der Waals surface area contributed by atoms with Crippen LogP contribution in [0.2, 0.25) is 0 Å². The van der Waals surface area contributed by atoms with Crippen LogP contribution in [0.25, 0.3) is 76.1 Å². The van der Waals surface area contributed by atoms with Crippen molar-refractivity contribution in [1.82, 2.24) is 34.9 Å². The number of hydrogen-bond acceptors (Lipinski definition) is 7. The molecule has 0 saturated heterocycles. The quantitative estimate of drug-likeness (QED) is 0.149. The SMILES string of the molecule is CC.CC.CC.CC.CC.CC.CC.Cc1cc2ccccc2nc1C.Cc1cc2ncccc2nc1C.Cc1ccc2ccccc2c1C.Cc1ccc2cccnc2c1C.Cc1ccc2ccncc2c1C.Cc1ccc2cnccc2c1C.Cc1ccc2ncccc2c1C. The summed E-state index contributed by atoms with van der Waals surface area (Å²) >= 11 is 0. The van der Waals surface area contributed by atoms with E-state index in [9.17, 15) is 0 Å². The third-order valence-corrected chi connectivity index (χ3v) is 16.0. The molecule has 0 radical (unpaired) electrons. The summed E-state index contributed by atoms with van der Waals surface area (Å²) in [4.78, 5) is 29.9. The van der Waals surface area contributed by atoms with E-state index in [2.05, 4.69) is 239 Å². The fraction of sp³-hybridized carbons (Fsp3) is 0.308. The highest BCUT2D eigenvalue weighted by molar-refractivity contribution is 5.88. The predicted octanol–water partition coefficient (Wildman–Crippen LogP) is 27.1. The van der Waals surface area contributed by atoms with Crippen molar-refractivity contribution in [3.63, 3.8) is 0 Å². The summed E-state index contributed by atoms with van der Waals surface area (Å²) in [5.74, 6) is 0. The number of nitrogens with zero attached hydrogens (tertiary/aromatic N) is 7. The van der Waals surface area contributed by atoms with Crippen LogP contribution in [0.3, 0.4) is 0 Å². The first kappa shape index (κ1) is 86.4. The second-order valence-corrected chi connectivity index (χ2v) is 21.6. The molecule has 0 saturated carbocycles. The van der Waals surface area contributed by atoms with Crippen molar-refractivity contribution < 1.29 is 0 Å². The third kappa shape index (κ3) is 25.8. The van der Waals surface area contributed by atoms with Crippen molar-refractivity contribution in [2.24, 2.45) is 0 Å². The standard InChI is InChI=1S/C12H12.5C11H11N.C10H10N2.7C2H6/c1-9-7-8-11-5-3-4-6-12(11)10(9)2;1-8-3-4-10-7-12-6-5-11(10)9(8)2;1-8-3-4-10-5-6-12-7-11(10)9(8)2;1-8-5-6-11-10(9(8)2)4-3-7-12-11;1-8-5-6-10-4-3-7-12-11(10)9(8)2;1-8-7-10-5-3-4-6-11(10)12-9(8)2;1-7-6-10-9(12-8(7)2)4-3-5-11-10;7*1-2/h3-8H,1-2H3;5*3-7H,1-2H3;3-6H,1-2H3;7*1-2H3. The lowest BCUT2D eigenvalue weighted by atomic mass is 10.0. The second-order valence-electron chi connectivity index (χ2n) is 21.6. The number of pyridine rings is 7. The van der Waals surface area contributed by atoms with Gasteiger partial charge in [-0.25, -0.2) is 0 Å². The fourth-order valence-corrected chi connectivity index (χ4v) is 9.70. The van der Waals surface area contributed by atoms with E-state index in [4.69, 9.17) is 0 Å². The van der Waals surface area contributed by atoms with Crippen LogP contribution in [-0.4, -0.2) is 34.9 Å². The van der Waals surface area contributed by atoms with Gasteiger partial charge in [0.15, 0.2) is 0 Å². The van der Waals surface area contributed by atoms with Crippen LogP contribution in [0.4, 0.5) is 0 Å². The molecule has 0 N–H and O–H groups in total. The molecule has 0 atom stereocenters. The van der Waals surface area contributed by atoms with E-state index in [1.165, 1.54) is 115 Å². The second kappa shape index (κ2) is 48.2. The number of rotatable bonds is 0. The summed E-state index contributed by atoms with van der Waals surface area (Å²) in [5, 5.41) is 11.5. The first-order chi connectivity index (χ1) is 47.5. The highest BCUT2D eigenvalue weighted by Crippen LogP contribution is 2.24. The molecule has 0 bridgehead atoms. The fourth-order valence-electron chi connectivity index (χ4n) is 9.70. The van der Waals surface area contributed by atoms with E-state index in [0.717, 1.165) is 39.0 Å². The summed E-state index contributed by atoms with van der Waals surface area (Å²) in [6.45, 7) is 57.6. The molecule has 0 unspecified atom stereocenters. The molecule has 7 heteroatoms. The van der Waals surface area contributed by atoms with Gasteiger partial charge in [0.2, 0.25) is 0 Å². The van der Waals surface area contributed by atoms with Crippen LogP contribution in [0.15, 0.2) is 213 Å². The Labute approximate surface area is 592 Å². The molecule has 0 spiro atoms. The predicted molar refractivity (Wildman–Crippen MR) is 438 cm³/mol. The van der Waals surface area contributed by atoms with Crippen LogP contribution >= 0.6 is 0 Å². The number of para-hydroxylation sites is 1. The molecule has 7 aromatic carbocycles. The molecule has 0 amide bonds. The molecule has 0 aliphatic heterocycles. The van der Waals surface area contributed by atoms with Gasteiger partial charge in [0.25, 0.3) is 0 Å². The molecule has 14 aromatic rings. The molecule has 98 heavy (non-hydrogen) atoms. The smallest absolute Gasteiger partial charge is 0.0890 e. The first-order valence-corrected chi connectivity index (χ1v) is 35.7. The third-order valence-electron chi connectivity index (χ3n) is 16.0. The molecular weight excluding hydrogens is 1190 g/mol. The van der Waals surface area contributed by atoms with Crippen molar-refractivity contribution in [1.29, 1.82) is 0 Å². The monoisotopic (exact) mass is 1310 g/mol. The zero-order valence-electron chi connectivity index (χ0n) is 65.3. The Bertz CT molecular complexity index is 3890. The van der Waals surface area contributed by atoms with E-state index >= 15 is 0 Å². The molecule has 7 heterocycles. The van der Waals surface area contributed by atoms with E-state index in [1.54, 1.807) is 6.20 Å². The van der Waals surface area contributed by atoms with Gasteiger partial charge in [-0.05, 0) is 246 Å². The van der Waals surface area contributed by atoms with E-state index < -0.39 is 0 Å². The summed E-state index contributed by atoms with van der Waals surface area (Å²) in [6.07, 6.45) is 13.0. The number of hydrogen-bond donors (Lipinski definition) is 0. The minimum Gasteiger partial charge on any atom is -0.264 e. The van der Waals surface area contributed by atoms with Gasteiger partial charge in [-0.3, -0.25) is 34.9 Å². The van der Waals surface area contributed by atoms with Crippen LogP contribution < -0.4 is 0 Å². The minimum absolute atomic E-state index is 0.973. The molecule has 0 aliphatic carbocycles. The zero-order valence-corrected chi connectivity index (χ0v) is 65.3. The highest BCUT2D eigenvalue weighted by Gasteiger charge is 2.04. The summed E-state index contributed by atoms with van der Waals surface area (Å²) in [7, 11) is 0. The Kier molecular flexibility index (Phi) is 42.5. The summed E-state index contributed by atoms with van der Waals surface area (Å²) in [6, 6.07) is 58.4. The average molecular weight is 1310 g/mol. The van der Waals surface area contributed by atoms with Crippen molar-refractivity contribution in [2.75, 3.05) is 0 Å². The maximum Gasteiger partial charge on any atom is 0.0890 e. The van der Waals surface area contributed by atoms with Crippen LogP contribution in [0, 0.1) is 96.9 Å². The minimum atomic E-state index is 0.973. The molecule has 0 fully saturated rings. The van der Waals surface area contributed by atoms with Gasteiger partial charge in [0.05, 0.1) is 27.6 Å². The van der Waals surface area contributed by atoms with Crippen molar-refractivity contribution in [3.8, 4) is 0 Å². The van der Waals surface area contributed by atoms with Crippen LogP contribution in [0.1, 0.15) is 175 Å². The lowest BCUT2D eigenvalue weighted by Gasteiger charge is -2.04. The van der Waals surface area contributed by atoms with E-state index in [0.29, 0.717) is 0 Å². The Morgan fingerprint density at radius 1 is 0.214 bits per heavy atom. The van der Waals surface area contributed by atoms with Crippen LogP contribution in [0.5, 0.6) is 0 Å². The maximum atomic E-state index is 4.48. The van der Waals surface area contributed by atoms with Crippen molar-refractivity contribution in [3.05, 3.63) is 291 Å². The number of fused-ring (bicyclic) bond motifs is 7. The van der Waals surface area contributed by atoms with Gasteiger partial charge in [0.1, 0.15) is 0 Å². The van der Waals surface area contributed by atoms with Gasteiger partial charge < -0.3 is 0 Å². The normalized spacial score (nSPS) is 9.43. The van der Waals surface area contributed by atoms with E-state index in [1.807, 2.05) is 196 Å². The molecule has 7 nitrogen and oxygen atoms in total. The van der Waals surface area contributed by atoms with Crippen molar-refractivity contribution >= 4 is 76.1 Å². The lowest BCUT2D eigenvalue weighted by molar-refractivity contribution is 1.18. The number of aromatic nitrogens is 7. The van der Waals surface area contributed by atoms with Gasteiger partial charge in [0, 0.05) is 81.7 Å². The Morgan fingerprint density at radius 2 is 0.592 bits per heavy atom. The topological polar surface area (TPSA) is 90.2 Å². The zero-order chi connectivity index (χ0) is 73.9. The maximum absolute atomic E-state index is 4.48.